The highest BCUT2D eigenvalue weighted by atomic mass is 32.2. The van der Waals surface area contributed by atoms with Crippen molar-refractivity contribution in [3.8, 4) is 11.8 Å². The monoisotopic (exact) mass is 391 g/mol. The Morgan fingerprint density at radius 3 is 2.81 bits per heavy atom. The van der Waals surface area contributed by atoms with E-state index in [4.69, 9.17) is 0 Å². The molecule has 0 aromatic rings. The number of thioether (sulfide) groups is 1. The smallest absolute Gasteiger partial charge is 0.232 e. The molecule has 0 radical (unpaired) electrons. The van der Waals surface area contributed by atoms with E-state index in [2.05, 4.69) is 17.2 Å². The molecule has 1 amide bonds. The minimum atomic E-state index is -0.527. The second kappa shape index (κ2) is 10.4. The van der Waals surface area contributed by atoms with Gasteiger partial charge in [-0.25, -0.2) is 0 Å². The number of nitrogens with zero attached hydrogens (tertiary/aromatic N) is 1. The average molecular weight is 392 g/mol. The van der Waals surface area contributed by atoms with E-state index in [1.807, 2.05) is 26.0 Å². The van der Waals surface area contributed by atoms with Gasteiger partial charge in [0, 0.05) is 26.4 Å². The summed E-state index contributed by atoms with van der Waals surface area (Å²) < 4.78 is 0. The van der Waals surface area contributed by atoms with E-state index < -0.39 is 6.10 Å². The summed E-state index contributed by atoms with van der Waals surface area (Å²) in [5, 5.41) is 22.9. The summed E-state index contributed by atoms with van der Waals surface area (Å²) in [7, 11) is 3.55. The summed E-state index contributed by atoms with van der Waals surface area (Å²) in [6.07, 6.45) is 6.53. The molecule has 0 saturated heterocycles. The Morgan fingerprint density at radius 2 is 2.15 bits per heavy atom. The molecule has 2 aliphatic rings. The number of fused-ring (bicyclic) bond motifs is 1. The number of hydrogen-bond donors (Lipinski definition) is 2. The van der Waals surface area contributed by atoms with Crippen LogP contribution < -0.4 is 0 Å². The van der Waals surface area contributed by atoms with Gasteiger partial charge in [0.1, 0.15) is 0 Å². The predicted molar refractivity (Wildman–Crippen MR) is 112 cm³/mol. The molecular weight excluding hydrogens is 358 g/mol. The summed E-state index contributed by atoms with van der Waals surface area (Å²) in [5.41, 5.74) is 1.39. The number of hydrogen-bond acceptors (Lipinski definition) is 4. The topological polar surface area (TPSA) is 60.8 Å². The first kappa shape index (κ1) is 22.1. The van der Waals surface area contributed by atoms with E-state index in [-0.39, 0.29) is 23.8 Å². The van der Waals surface area contributed by atoms with Gasteiger partial charge in [-0.3, -0.25) is 4.79 Å². The van der Waals surface area contributed by atoms with Crippen molar-refractivity contribution >= 4 is 17.7 Å². The summed E-state index contributed by atoms with van der Waals surface area (Å²) >= 11 is 1.57. The molecule has 2 saturated carbocycles. The zero-order chi connectivity index (χ0) is 20.0. The SMILES string of the molecule is CC#CC[C@@H](C)[C@H](O)/C=C/[C@@H]1[C@H]2C/C(=C/SCC(=O)N(C)C)C[C@H]2C[C@H]1O. The average Bonchev–Trinajstić information content (AvgIpc) is 3.13. The van der Waals surface area contributed by atoms with Crippen molar-refractivity contribution in [2.45, 2.75) is 51.7 Å². The van der Waals surface area contributed by atoms with E-state index in [1.54, 1.807) is 30.8 Å². The van der Waals surface area contributed by atoms with Crippen LogP contribution in [-0.4, -0.2) is 53.1 Å². The number of aliphatic hydroxyl groups is 2. The van der Waals surface area contributed by atoms with Gasteiger partial charge in [-0.1, -0.05) is 24.6 Å². The Kier molecular flexibility index (Phi) is 8.47. The first-order valence-electron chi connectivity index (χ1n) is 9.77. The van der Waals surface area contributed by atoms with Crippen LogP contribution in [0.3, 0.4) is 0 Å². The van der Waals surface area contributed by atoms with Crippen LogP contribution in [0.1, 0.15) is 39.5 Å². The third-order valence-electron chi connectivity index (χ3n) is 5.78. The molecule has 6 atom stereocenters. The van der Waals surface area contributed by atoms with E-state index in [9.17, 15) is 15.0 Å². The molecule has 2 N–H and O–H groups in total. The van der Waals surface area contributed by atoms with E-state index >= 15 is 0 Å². The molecule has 0 bridgehead atoms. The van der Waals surface area contributed by atoms with E-state index in [1.165, 1.54) is 5.57 Å². The Labute approximate surface area is 168 Å². The normalized spacial score (nSPS) is 30.8. The van der Waals surface area contributed by atoms with Gasteiger partial charge in [0.2, 0.25) is 5.91 Å². The van der Waals surface area contributed by atoms with Crippen LogP contribution in [0.25, 0.3) is 0 Å². The molecule has 2 aliphatic carbocycles. The Hall–Kier alpha value is -1.22. The van der Waals surface area contributed by atoms with Crippen LogP contribution in [0.5, 0.6) is 0 Å². The molecule has 2 rings (SSSR count). The standard InChI is InChI=1S/C22H33NO3S/c1-5-6-7-15(2)20(24)9-8-18-19-11-16(10-17(19)12-21(18)25)13-27-14-22(26)23(3)4/h8-9,13,15,17-21,24-25H,7,10-12,14H2,1-4H3/b9-8+,16-13+/t15-,17+,18-,19+,20-,21-/m1/s1. The van der Waals surface area contributed by atoms with Gasteiger partial charge in [0.15, 0.2) is 0 Å². The van der Waals surface area contributed by atoms with Crippen LogP contribution in [-0.2, 0) is 4.79 Å². The quantitative estimate of drug-likeness (QED) is 0.517. The molecule has 0 aliphatic heterocycles. The lowest BCUT2D eigenvalue weighted by Crippen LogP contribution is -2.23. The van der Waals surface area contributed by atoms with Crippen molar-refractivity contribution in [1.82, 2.24) is 4.90 Å². The lowest BCUT2D eigenvalue weighted by Gasteiger charge is -2.19. The second-order valence-electron chi connectivity index (χ2n) is 8.07. The maximum absolute atomic E-state index is 11.7. The highest BCUT2D eigenvalue weighted by Gasteiger charge is 2.45. The predicted octanol–water partition coefficient (Wildman–Crippen LogP) is 3.07. The minimum Gasteiger partial charge on any atom is -0.392 e. The van der Waals surface area contributed by atoms with Crippen LogP contribution >= 0.6 is 11.8 Å². The third kappa shape index (κ3) is 6.14. The van der Waals surface area contributed by atoms with Crippen molar-refractivity contribution in [1.29, 1.82) is 0 Å². The van der Waals surface area contributed by atoms with Gasteiger partial charge in [0.25, 0.3) is 0 Å². The summed E-state index contributed by atoms with van der Waals surface area (Å²) in [6, 6.07) is 0. The van der Waals surface area contributed by atoms with Crippen molar-refractivity contribution in [2.75, 3.05) is 19.8 Å². The van der Waals surface area contributed by atoms with Gasteiger partial charge in [-0.15, -0.1) is 23.6 Å². The van der Waals surface area contributed by atoms with Crippen molar-refractivity contribution in [3.05, 3.63) is 23.1 Å². The van der Waals surface area contributed by atoms with Gasteiger partial charge in [0.05, 0.1) is 18.0 Å². The lowest BCUT2D eigenvalue weighted by atomic mass is 9.89. The fourth-order valence-electron chi connectivity index (χ4n) is 4.04. The molecule has 27 heavy (non-hydrogen) atoms. The van der Waals surface area contributed by atoms with Crippen LogP contribution in [0.4, 0.5) is 0 Å². The Balaban J connectivity index is 1.91. The van der Waals surface area contributed by atoms with Gasteiger partial charge in [-0.05, 0) is 49.3 Å². The largest absolute Gasteiger partial charge is 0.392 e. The molecular formula is C22H33NO3S. The van der Waals surface area contributed by atoms with Gasteiger partial charge >= 0.3 is 0 Å². The molecule has 0 unspecified atom stereocenters. The van der Waals surface area contributed by atoms with Crippen molar-refractivity contribution in [2.24, 2.45) is 23.7 Å². The highest BCUT2D eigenvalue weighted by molar-refractivity contribution is 8.02. The molecule has 5 heteroatoms. The van der Waals surface area contributed by atoms with Crippen LogP contribution in [0.15, 0.2) is 23.1 Å². The Bertz CT molecular complexity index is 631. The number of carbonyl (C=O) groups is 1. The molecule has 0 aromatic carbocycles. The first-order valence-corrected chi connectivity index (χ1v) is 10.8. The van der Waals surface area contributed by atoms with E-state index in [0.29, 0.717) is 24.0 Å². The number of carbonyl (C=O) groups excluding carboxylic acids is 1. The third-order valence-corrected chi connectivity index (χ3v) is 6.69. The molecule has 150 valence electrons. The fraction of sp³-hybridized carbons (Fsp3) is 0.682. The summed E-state index contributed by atoms with van der Waals surface area (Å²) in [6.45, 7) is 3.81. The minimum absolute atomic E-state index is 0.0905. The molecule has 0 heterocycles. The lowest BCUT2D eigenvalue weighted by molar-refractivity contribution is -0.125. The van der Waals surface area contributed by atoms with Crippen LogP contribution in [0, 0.1) is 35.5 Å². The van der Waals surface area contributed by atoms with Gasteiger partial charge in [-0.2, -0.15) is 0 Å². The number of allylic oxidation sites excluding steroid dienone is 1. The van der Waals surface area contributed by atoms with Crippen LogP contribution in [0.2, 0.25) is 0 Å². The van der Waals surface area contributed by atoms with Crippen molar-refractivity contribution < 1.29 is 15.0 Å². The maximum atomic E-state index is 11.7. The van der Waals surface area contributed by atoms with Crippen molar-refractivity contribution in [3.63, 3.8) is 0 Å². The molecule has 0 spiro atoms. The summed E-state index contributed by atoms with van der Waals surface area (Å²) in [5.74, 6) is 7.62. The number of rotatable bonds is 7. The second-order valence-corrected chi connectivity index (χ2v) is 8.93. The zero-order valence-corrected chi connectivity index (χ0v) is 17.7. The molecule has 0 aromatic heterocycles. The maximum Gasteiger partial charge on any atom is 0.232 e. The number of aliphatic hydroxyl groups excluding tert-OH is 2. The Morgan fingerprint density at radius 1 is 1.41 bits per heavy atom. The fourth-order valence-corrected chi connectivity index (χ4v) is 4.96. The zero-order valence-electron chi connectivity index (χ0n) is 16.9. The summed E-state index contributed by atoms with van der Waals surface area (Å²) in [4.78, 5) is 13.3. The highest BCUT2D eigenvalue weighted by Crippen LogP contribution is 2.50. The van der Waals surface area contributed by atoms with E-state index in [0.717, 1.165) is 19.3 Å². The van der Waals surface area contributed by atoms with Gasteiger partial charge < -0.3 is 15.1 Å². The molecule has 2 fully saturated rings. The number of amides is 1. The first-order chi connectivity index (χ1) is 12.8. The molecule has 4 nitrogen and oxygen atoms in total.